The lowest BCUT2D eigenvalue weighted by Crippen LogP contribution is -2.49. The molecule has 3 atom stereocenters. The summed E-state index contributed by atoms with van der Waals surface area (Å²) in [6.45, 7) is 10.0. The van der Waals surface area contributed by atoms with E-state index in [-0.39, 0.29) is 22.9 Å². The quantitative estimate of drug-likeness (QED) is 0.617. The van der Waals surface area contributed by atoms with Crippen LogP contribution in [0.5, 0.6) is 0 Å². The fraction of sp³-hybridized carbons (Fsp3) is 0.923. The van der Waals surface area contributed by atoms with Crippen LogP contribution in [0, 0.1) is 5.92 Å². The van der Waals surface area contributed by atoms with Gasteiger partial charge in [-0.15, -0.1) is 4.72 Å². The molecule has 1 aliphatic rings. The van der Waals surface area contributed by atoms with Gasteiger partial charge in [0.15, 0.2) is 0 Å². The number of cyclic esters (lactones) is 1. The van der Waals surface area contributed by atoms with Crippen molar-refractivity contribution >= 4 is 17.3 Å². The van der Waals surface area contributed by atoms with Crippen molar-refractivity contribution < 1.29 is 14.1 Å². The summed E-state index contributed by atoms with van der Waals surface area (Å²) < 4.78 is 20.3. The van der Waals surface area contributed by atoms with Crippen molar-refractivity contribution in [3.8, 4) is 0 Å². The van der Waals surface area contributed by atoms with Crippen LogP contribution in [0.4, 0.5) is 0 Å². The lowest BCUT2D eigenvalue weighted by molar-refractivity contribution is -0.142. The van der Waals surface area contributed by atoms with E-state index in [1.54, 1.807) is 0 Å². The largest absolute Gasteiger partial charge is 0.598 e. The van der Waals surface area contributed by atoms with Gasteiger partial charge in [-0.1, -0.05) is 13.8 Å². The molecule has 0 aromatic rings. The molecule has 0 saturated carbocycles. The van der Waals surface area contributed by atoms with Crippen molar-refractivity contribution in [1.29, 1.82) is 0 Å². The van der Waals surface area contributed by atoms with E-state index in [9.17, 15) is 9.35 Å². The summed E-state index contributed by atoms with van der Waals surface area (Å²) in [6, 6.07) is -0.0171. The Bertz CT molecular complexity index is 288. The molecule has 0 amide bonds. The maximum absolute atomic E-state index is 12.2. The Morgan fingerprint density at radius 3 is 2.50 bits per heavy atom. The highest BCUT2D eigenvalue weighted by atomic mass is 32.2. The highest BCUT2D eigenvalue weighted by Crippen LogP contribution is 2.24. The molecule has 0 bridgehead atoms. The lowest BCUT2D eigenvalue weighted by Gasteiger charge is -2.30. The van der Waals surface area contributed by atoms with Crippen LogP contribution in [0.15, 0.2) is 0 Å². The maximum atomic E-state index is 12.2. The number of hydrogen-bond acceptors (Lipinski definition) is 4. The highest BCUT2D eigenvalue weighted by Gasteiger charge is 2.37. The monoisotopic (exact) mass is 275 g/mol. The molecule has 4 nitrogen and oxygen atoms in total. The summed E-state index contributed by atoms with van der Waals surface area (Å²) in [5.74, 6) is 0.330. The molecule has 1 unspecified atom stereocenters. The predicted octanol–water partition coefficient (Wildman–Crippen LogP) is 2.16. The van der Waals surface area contributed by atoms with Gasteiger partial charge in [-0.3, -0.25) is 4.79 Å². The van der Waals surface area contributed by atoms with Crippen molar-refractivity contribution in [3.63, 3.8) is 0 Å². The third-order valence-corrected chi connectivity index (χ3v) is 4.53. The zero-order valence-electron chi connectivity index (χ0n) is 12.0. The summed E-state index contributed by atoms with van der Waals surface area (Å²) in [5.41, 5.74) is 0. The van der Waals surface area contributed by atoms with Gasteiger partial charge < -0.3 is 9.29 Å². The van der Waals surface area contributed by atoms with Crippen LogP contribution in [0.25, 0.3) is 0 Å². The third kappa shape index (κ3) is 4.78. The van der Waals surface area contributed by atoms with Gasteiger partial charge in [0.25, 0.3) is 0 Å². The highest BCUT2D eigenvalue weighted by molar-refractivity contribution is 7.90. The standard InChI is InChI=1S/C13H25NO3S/c1-9(2)8-10(11-6-7-12(15)17-11)14-18(16)13(3,4)5/h9-11,14H,6-8H2,1-5H3/t10?,11-,18-/m0/s1. The van der Waals surface area contributed by atoms with E-state index >= 15 is 0 Å². The fourth-order valence-electron chi connectivity index (χ4n) is 1.93. The van der Waals surface area contributed by atoms with E-state index in [2.05, 4.69) is 18.6 Å². The van der Waals surface area contributed by atoms with E-state index in [4.69, 9.17) is 4.74 Å². The Morgan fingerprint density at radius 2 is 2.11 bits per heavy atom. The first-order valence-corrected chi connectivity index (χ1v) is 7.72. The second-order valence-electron chi connectivity index (χ2n) is 6.30. The summed E-state index contributed by atoms with van der Waals surface area (Å²) in [4.78, 5) is 11.2. The summed E-state index contributed by atoms with van der Waals surface area (Å²) in [6.07, 6.45) is 1.93. The van der Waals surface area contributed by atoms with Crippen LogP contribution >= 0.6 is 0 Å². The smallest absolute Gasteiger partial charge is 0.306 e. The Kier molecular flexibility index (Phi) is 5.49. The SMILES string of the molecule is CC(C)CC(N[S@@+]([O-])C(C)(C)C)[C@@H]1CCC(=O)O1. The normalized spacial score (nSPS) is 24.2. The molecular formula is C13H25NO3S. The van der Waals surface area contributed by atoms with Gasteiger partial charge in [-0.2, -0.15) is 0 Å². The van der Waals surface area contributed by atoms with E-state index < -0.39 is 11.4 Å². The van der Waals surface area contributed by atoms with Crippen LogP contribution in [-0.4, -0.2) is 27.4 Å². The molecule has 0 aromatic heterocycles. The summed E-state index contributed by atoms with van der Waals surface area (Å²) >= 11 is -1.13. The van der Waals surface area contributed by atoms with Crippen molar-refractivity contribution in [2.75, 3.05) is 0 Å². The number of esters is 1. The van der Waals surface area contributed by atoms with Gasteiger partial charge in [0.05, 0.1) is 6.04 Å². The molecule has 1 fully saturated rings. The minimum absolute atomic E-state index is 0.0171. The Balaban J connectivity index is 2.64. The molecule has 18 heavy (non-hydrogen) atoms. The maximum Gasteiger partial charge on any atom is 0.306 e. The molecule has 1 aliphatic heterocycles. The second kappa shape index (κ2) is 6.26. The molecule has 1 heterocycles. The number of carbonyl (C=O) groups is 1. The topological polar surface area (TPSA) is 61.4 Å². The van der Waals surface area contributed by atoms with Crippen LogP contribution in [0.1, 0.15) is 53.9 Å². The van der Waals surface area contributed by atoms with Gasteiger partial charge in [-0.25, -0.2) is 0 Å². The van der Waals surface area contributed by atoms with Gasteiger partial charge in [0.1, 0.15) is 10.9 Å². The zero-order chi connectivity index (χ0) is 13.9. The van der Waals surface area contributed by atoms with Crippen molar-refractivity contribution in [2.45, 2.75) is 70.8 Å². The molecule has 106 valence electrons. The number of nitrogens with one attached hydrogen (secondary N) is 1. The second-order valence-corrected chi connectivity index (χ2v) is 8.30. The average molecular weight is 275 g/mol. The average Bonchev–Trinajstić information content (AvgIpc) is 2.61. The van der Waals surface area contributed by atoms with Gasteiger partial charge >= 0.3 is 5.97 Å². The molecule has 1 N–H and O–H groups in total. The fourth-order valence-corrected chi connectivity index (χ4v) is 2.80. The molecule has 0 radical (unpaired) electrons. The van der Waals surface area contributed by atoms with Crippen LogP contribution in [-0.2, 0) is 20.9 Å². The van der Waals surface area contributed by atoms with Crippen LogP contribution in [0.3, 0.4) is 0 Å². The Labute approximate surface area is 113 Å². The number of rotatable bonds is 5. The molecule has 5 heteroatoms. The third-order valence-electron chi connectivity index (χ3n) is 2.90. The first-order chi connectivity index (χ1) is 8.20. The van der Waals surface area contributed by atoms with Crippen LogP contribution < -0.4 is 4.72 Å². The lowest BCUT2D eigenvalue weighted by atomic mass is 9.98. The first-order valence-electron chi connectivity index (χ1n) is 6.57. The summed E-state index contributed by atoms with van der Waals surface area (Å²) in [7, 11) is 0. The molecule has 0 aromatic carbocycles. The molecular weight excluding hydrogens is 250 g/mol. The minimum Gasteiger partial charge on any atom is -0.598 e. The number of hydrogen-bond donors (Lipinski definition) is 1. The van der Waals surface area contributed by atoms with E-state index in [1.807, 2.05) is 20.8 Å². The summed E-state index contributed by atoms with van der Waals surface area (Å²) in [5, 5.41) is 0. The van der Waals surface area contributed by atoms with Crippen molar-refractivity contribution in [2.24, 2.45) is 5.92 Å². The molecule has 0 aliphatic carbocycles. The van der Waals surface area contributed by atoms with Crippen molar-refractivity contribution in [3.05, 3.63) is 0 Å². The predicted molar refractivity (Wildman–Crippen MR) is 73.4 cm³/mol. The number of carbonyl (C=O) groups excluding carboxylic acids is 1. The van der Waals surface area contributed by atoms with E-state index in [0.29, 0.717) is 12.3 Å². The molecule has 1 rings (SSSR count). The Hall–Kier alpha value is -0.260. The minimum atomic E-state index is -1.13. The Morgan fingerprint density at radius 1 is 1.50 bits per heavy atom. The van der Waals surface area contributed by atoms with E-state index in [1.165, 1.54) is 0 Å². The van der Waals surface area contributed by atoms with Gasteiger partial charge in [-0.05, 0) is 39.5 Å². The molecule has 1 saturated heterocycles. The van der Waals surface area contributed by atoms with Gasteiger partial charge in [0.2, 0.25) is 0 Å². The van der Waals surface area contributed by atoms with Crippen LogP contribution in [0.2, 0.25) is 0 Å². The van der Waals surface area contributed by atoms with Gasteiger partial charge in [0, 0.05) is 17.8 Å². The number of ether oxygens (including phenoxy) is 1. The zero-order valence-corrected chi connectivity index (χ0v) is 12.8. The van der Waals surface area contributed by atoms with E-state index in [0.717, 1.165) is 12.8 Å². The molecule has 0 spiro atoms. The first kappa shape index (κ1) is 15.8. The van der Waals surface area contributed by atoms with Crippen molar-refractivity contribution in [1.82, 2.24) is 4.72 Å².